The number of nitrogens with one attached hydrogen (secondary N) is 2. The highest BCUT2D eigenvalue weighted by Gasteiger charge is 2.33. The number of sulfonamides is 1. The molecule has 1 aliphatic heterocycles. The van der Waals surface area contributed by atoms with Gasteiger partial charge in [-0.3, -0.25) is 0 Å². The van der Waals surface area contributed by atoms with Gasteiger partial charge in [0.1, 0.15) is 10.7 Å². The topological polar surface area (TPSA) is 102 Å². The Balaban J connectivity index is 0.00000338. The standard InChI is InChI=1S/C15H23FN2O5S2.ClH/c1-23-11-15(5-7-17-8-6-15)10-18-25(21,22)12-3-4-14(13(16)9-12)24(2,19)20;/h3-4,9,17-18H,5-8,10-11H2,1-2H3;1H. The number of hydrogen-bond donors (Lipinski definition) is 2. The van der Waals surface area contributed by atoms with Crippen LogP contribution in [0.15, 0.2) is 28.0 Å². The summed E-state index contributed by atoms with van der Waals surface area (Å²) in [5.41, 5.74) is -0.321. The van der Waals surface area contributed by atoms with E-state index in [0.29, 0.717) is 6.61 Å². The summed E-state index contributed by atoms with van der Waals surface area (Å²) in [5.74, 6) is -1.08. The van der Waals surface area contributed by atoms with E-state index in [0.717, 1.165) is 50.4 Å². The predicted octanol–water partition coefficient (Wildman–Crippen LogP) is 0.945. The molecule has 26 heavy (non-hydrogen) atoms. The van der Waals surface area contributed by atoms with E-state index in [-0.39, 0.29) is 29.3 Å². The van der Waals surface area contributed by atoms with E-state index in [4.69, 9.17) is 4.74 Å². The first kappa shape index (κ1) is 23.3. The zero-order valence-corrected chi connectivity index (χ0v) is 17.1. The molecule has 1 aliphatic rings. The van der Waals surface area contributed by atoms with Crippen molar-refractivity contribution in [2.24, 2.45) is 5.41 Å². The molecule has 0 radical (unpaired) electrons. The number of benzene rings is 1. The third-order valence-corrected chi connectivity index (χ3v) is 6.89. The molecule has 0 aliphatic carbocycles. The molecule has 1 aromatic rings. The number of hydrogen-bond acceptors (Lipinski definition) is 6. The van der Waals surface area contributed by atoms with Crippen LogP contribution in [0.3, 0.4) is 0 Å². The van der Waals surface area contributed by atoms with Crippen molar-refractivity contribution < 1.29 is 26.0 Å². The minimum Gasteiger partial charge on any atom is -0.384 e. The molecular weight excluding hydrogens is 407 g/mol. The highest BCUT2D eigenvalue weighted by molar-refractivity contribution is 7.90. The first-order valence-corrected chi connectivity index (χ1v) is 11.2. The van der Waals surface area contributed by atoms with Crippen molar-refractivity contribution >= 4 is 32.3 Å². The summed E-state index contributed by atoms with van der Waals surface area (Å²) in [4.78, 5) is -0.834. The van der Waals surface area contributed by atoms with E-state index >= 15 is 0 Å². The maximum absolute atomic E-state index is 14.0. The Morgan fingerprint density at radius 3 is 2.35 bits per heavy atom. The normalized spacial score (nSPS) is 17.5. The van der Waals surface area contributed by atoms with Crippen LogP contribution in [0, 0.1) is 11.2 Å². The van der Waals surface area contributed by atoms with E-state index < -0.39 is 30.6 Å². The van der Waals surface area contributed by atoms with Crippen molar-refractivity contribution in [2.45, 2.75) is 22.6 Å². The van der Waals surface area contributed by atoms with Gasteiger partial charge >= 0.3 is 0 Å². The zero-order chi connectivity index (χ0) is 18.7. The lowest BCUT2D eigenvalue weighted by Crippen LogP contribution is -2.47. The summed E-state index contributed by atoms with van der Waals surface area (Å²) in [6.07, 6.45) is 2.37. The molecule has 0 aromatic heterocycles. The van der Waals surface area contributed by atoms with Crippen LogP contribution in [-0.2, 0) is 24.6 Å². The molecular formula is C15H24ClFN2O5S2. The molecule has 0 unspecified atom stereocenters. The van der Waals surface area contributed by atoms with E-state index in [9.17, 15) is 21.2 Å². The molecule has 0 atom stereocenters. The summed E-state index contributed by atoms with van der Waals surface area (Å²) < 4.78 is 69.5. The fourth-order valence-electron chi connectivity index (χ4n) is 2.92. The third kappa shape index (κ3) is 5.61. The molecule has 1 aromatic carbocycles. The molecule has 2 N–H and O–H groups in total. The first-order valence-electron chi connectivity index (χ1n) is 7.79. The molecule has 2 rings (SSSR count). The molecule has 1 heterocycles. The summed E-state index contributed by atoms with van der Waals surface area (Å²) in [5, 5.41) is 3.22. The average molecular weight is 431 g/mol. The van der Waals surface area contributed by atoms with E-state index in [2.05, 4.69) is 10.0 Å². The van der Waals surface area contributed by atoms with Crippen LogP contribution in [0.5, 0.6) is 0 Å². The van der Waals surface area contributed by atoms with Crippen LogP contribution in [0.2, 0.25) is 0 Å². The van der Waals surface area contributed by atoms with Crippen molar-refractivity contribution in [3.05, 3.63) is 24.0 Å². The van der Waals surface area contributed by atoms with Gasteiger partial charge in [-0.1, -0.05) is 0 Å². The summed E-state index contributed by atoms with van der Waals surface area (Å²) >= 11 is 0. The van der Waals surface area contributed by atoms with E-state index in [1.165, 1.54) is 0 Å². The van der Waals surface area contributed by atoms with Crippen LogP contribution in [0.4, 0.5) is 4.39 Å². The Hall–Kier alpha value is -0.780. The van der Waals surface area contributed by atoms with Crippen LogP contribution in [0.25, 0.3) is 0 Å². The lowest BCUT2D eigenvalue weighted by atomic mass is 9.80. The molecule has 7 nitrogen and oxygen atoms in total. The van der Waals surface area contributed by atoms with Crippen molar-refractivity contribution in [3.8, 4) is 0 Å². The number of methoxy groups -OCH3 is 1. The van der Waals surface area contributed by atoms with Crippen LogP contribution >= 0.6 is 12.4 Å². The monoisotopic (exact) mass is 430 g/mol. The Morgan fingerprint density at radius 2 is 1.85 bits per heavy atom. The summed E-state index contributed by atoms with van der Waals surface area (Å²) in [7, 11) is -6.15. The number of ether oxygens (including phenoxy) is 1. The molecule has 0 saturated carbocycles. The Bertz CT molecular complexity index is 819. The van der Waals surface area contributed by atoms with Gasteiger partial charge in [-0.05, 0) is 44.1 Å². The zero-order valence-electron chi connectivity index (χ0n) is 14.6. The molecule has 11 heteroatoms. The fraction of sp³-hybridized carbons (Fsp3) is 0.600. The van der Waals surface area contributed by atoms with Crippen LogP contribution in [-0.4, -0.2) is 56.4 Å². The minimum atomic E-state index is -3.96. The van der Waals surface area contributed by atoms with Gasteiger partial charge in [-0.25, -0.2) is 25.9 Å². The molecule has 0 bridgehead atoms. The second kappa shape index (κ2) is 8.94. The average Bonchev–Trinajstić information content (AvgIpc) is 2.53. The number of sulfone groups is 1. The molecule has 1 fully saturated rings. The first-order chi connectivity index (χ1) is 11.6. The van der Waals surface area contributed by atoms with Gasteiger partial charge in [-0.15, -0.1) is 12.4 Å². The minimum absolute atomic E-state index is 0. The Kier molecular flexibility index (Phi) is 8.00. The maximum Gasteiger partial charge on any atom is 0.240 e. The lowest BCUT2D eigenvalue weighted by molar-refractivity contribution is 0.0577. The van der Waals surface area contributed by atoms with Gasteiger partial charge in [0.05, 0.1) is 11.5 Å². The smallest absolute Gasteiger partial charge is 0.240 e. The predicted molar refractivity (Wildman–Crippen MR) is 98.4 cm³/mol. The highest BCUT2D eigenvalue weighted by Crippen LogP contribution is 2.29. The number of halogens is 2. The summed E-state index contributed by atoms with van der Waals surface area (Å²) in [6, 6.07) is 2.78. The van der Waals surface area contributed by atoms with Crippen molar-refractivity contribution in [3.63, 3.8) is 0 Å². The van der Waals surface area contributed by atoms with Gasteiger partial charge in [0.2, 0.25) is 10.0 Å². The molecule has 150 valence electrons. The van der Waals surface area contributed by atoms with Crippen LogP contribution in [0.1, 0.15) is 12.8 Å². The van der Waals surface area contributed by atoms with Gasteiger partial charge in [0.15, 0.2) is 9.84 Å². The number of piperidine rings is 1. The van der Waals surface area contributed by atoms with Gasteiger partial charge in [0.25, 0.3) is 0 Å². The van der Waals surface area contributed by atoms with Crippen LogP contribution < -0.4 is 10.0 Å². The molecule has 0 spiro atoms. The van der Waals surface area contributed by atoms with Gasteiger partial charge < -0.3 is 10.1 Å². The second-order valence-corrected chi connectivity index (χ2v) is 10.1. The largest absolute Gasteiger partial charge is 0.384 e. The van der Waals surface area contributed by atoms with Crippen molar-refractivity contribution in [2.75, 3.05) is 39.6 Å². The highest BCUT2D eigenvalue weighted by atomic mass is 35.5. The Morgan fingerprint density at radius 1 is 1.23 bits per heavy atom. The lowest BCUT2D eigenvalue weighted by Gasteiger charge is -2.37. The van der Waals surface area contributed by atoms with Crippen molar-refractivity contribution in [1.29, 1.82) is 0 Å². The maximum atomic E-state index is 14.0. The summed E-state index contributed by atoms with van der Waals surface area (Å²) in [6.45, 7) is 2.12. The molecule has 0 amide bonds. The third-order valence-electron chi connectivity index (χ3n) is 4.37. The van der Waals surface area contributed by atoms with Crippen molar-refractivity contribution in [1.82, 2.24) is 10.0 Å². The quantitative estimate of drug-likeness (QED) is 0.667. The number of rotatable bonds is 7. The molecule has 1 saturated heterocycles. The van der Waals surface area contributed by atoms with Gasteiger partial charge in [0, 0.05) is 25.3 Å². The van der Waals surface area contributed by atoms with E-state index in [1.54, 1.807) is 7.11 Å². The fourth-order valence-corrected chi connectivity index (χ4v) is 4.81. The second-order valence-electron chi connectivity index (χ2n) is 6.37. The van der Waals surface area contributed by atoms with E-state index in [1.807, 2.05) is 0 Å². The Labute approximate surface area is 160 Å². The SMILES string of the molecule is COCC1(CNS(=O)(=O)c2ccc(S(C)(=O)=O)c(F)c2)CCNCC1.Cl. The van der Waals surface area contributed by atoms with Gasteiger partial charge in [-0.2, -0.15) is 0 Å².